The third-order valence-corrected chi connectivity index (χ3v) is 3.20. The Morgan fingerprint density at radius 1 is 1.38 bits per heavy atom. The average molecular weight is 247 g/mol. The van der Waals surface area contributed by atoms with Crippen LogP contribution < -0.4 is 10.6 Å². The Kier molecular flexibility index (Phi) is 4.59. The molecular formula is C11H19ClN2O2. The summed E-state index contributed by atoms with van der Waals surface area (Å²) in [6, 6.07) is 0.377. The Labute approximate surface area is 101 Å². The number of nitrogens with one attached hydrogen (secondary N) is 2. The summed E-state index contributed by atoms with van der Waals surface area (Å²) in [5, 5.41) is 5.58. The Balaban J connectivity index is 2.14. The molecule has 5 heteroatoms. The maximum absolute atomic E-state index is 11.6. The quantitative estimate of drug-likeness (QED) is 0.688. The normalized spacial score (nSPS) is 15.7. The number of alkyl halides is 1. The first-order valence-corrected chi connectivity index (χ1v) is 6.13. The molecule has 0 heterocycles. The van der Waals surface area contributed by atoms with Crippen LogP contribution in [0.15, 0.2) is 0 Å². The van der Waals surface area contributed by atoms with Gasteiger partial charge in [-0.25, -0.2) is 0 Å². The average Bonchev–Trinajstić information content (AvgIpc) is 3.01. The van der Waals surface area contributed by atoms with E-state index in [4.69, 9.17) is 11.6 Å². The molecule has 1 aliphatic carbocycles. The molecule has 0 aromatic heterocycles. The fraction of sp³-hybridized carbons (Fsp3) is 0.818. The van der Waals surface area contributed by atoms with E-state index in [1.807, 2.05) is 0 Å². The first-order chi connectivity index (χ1) is 7.45. The highest BCUT2D eigenvalue weighted by molar-refractivity contribution is 6.19. The molecule has 1 fully saturated rings. The summed E-state index contributed by atoms with van der Waals surface area (Å²) in [4.78, 5) is 22.9. The van der Waals surface area contributed by atoms with Crippen LogP contribution in [0.3, 0.4) is 0 Å². The summed E-state index contributed by atoms with van der Waals surface area (Å²) < 4.78 is 0. The van der Waals surface area contributed by atoms with Crippen LogP contribution in [-0.2, 0) is 9.59 Å². The molecule has 4 nitrogen and oxygen atoms in total. The molecule has 0 aliphatic heterocycles. The van der Waals surface area contributed by atoms with E-state index in [2.05, 4.69) is 10.6 Å². The van der Waals surface area contributed by atoms with Gasteiger partial charge >= 0.3 is 0 Å². The smallest absolute Gasteiger partial charge is 0.226 e. The molecule has 0 unspecified atom stereocenters. The molecular weight excluding hydrogens is 228 g/mol. The van der Waals surface area contributed by atoms with E-state index in [0.717, 1.165) is 12.8 Å². The zero-order chi connectivity index (χ0) is 12.2. The van der Waals surface area contributed by atoms with E-state index in [1.54, 1.807) is 13.8 Å². The monoisotopic (exact) mass is 246 g/mol. The molecule has 2 amide bonds. The van der Waals surface area contributed by atoms with Crippen molar-refractivity contribution in [3.63, 3.8) is 0 Å². The number of carbonyl (C=O) groups excluding carboxylic acids is 2. The first-order valence-electron chi connectivity index (χ1n) is 5.59. The lowest BCUT2D eigenvalue weighted by Crippen LogP contribution is -2.40. The molecule has 1 aliphatic rings. The molecule has 0 atom stereocenters. The Morgan fingerprint density at radius 3 is 2.50 bits per heavy atom. The van der Waals surface area contributed by atoms with E-state index >= 15 is 0 Å². The fourth-order valence-electron chi connectivity index (χ4n) is 1.12. The van der Waals surface area contributed by atoms with Crippen molar-refractivity contribution in [2.45, 2.75) is 39.2 Å². The van der Waals surface area contributed by atoms with Gasteiger partial charge in [0.2, 0.25) is 11.8 Å². The SMILES string of the molecule is CC(C)(CCl)C(=O)NCCC(=O)NC1CC1. The number of carbonyl (C=O) groups is 2. The highest BCUT2D eigenvalue weighted by Gasteiger charge is 2.26. The van der Waals surface area contributed by atoms with Crippen molar-refractivity contribution in [3.8, 4) is 0 Å². The molecule has 92 valence electrons. The minimum atomic E-state index is -0.575. The third kappa shape index (κ3) is 4.39. The first kappa shape index (κ1) is 13.3. The van der Waals surface area contributed by atoms with Crippen molar-refractivity contribution in [1.82, 2.24) is 10.6 Å². The van der Waals surface area contributed by atoms with Crippen LogP contribution in [-0.4, -0.2) is 30.3 Å². The second-order valence-electron chi connectivity index (χ2n) is 4.87. The molecule has 0 spiro atoms. The van der Waals surface area contributed by atoms with E-state index in [9.17, 15) is 9.59 Å². The summed E-state index contributed by atoms with van der Waals surface area (Å²) in [6.07, 6.45) is 2.50. The maximum Gasteiger partial charge on any atom is 0.226 e. The van der Waals surface area contributed by atoms with Gasteiger partial charge in [0.15, 0.2) is 0 Å². The maximum atomic E-state index is 11.6. The van der Waals surface area contributed by atoms with Gasteiger partial charge in [-0.05, 0) is 26.7 Å². The van der Waals surface area contributed by atoms with Gasteiger partial charge in [-0.1, -0.05) is 0 Å². The van der Waals surface area contributed by atoms with Crippen LogP contribution in [0.25, 0.3) is 0 Å². The van der Waals surface area contributed by atoms with Gasteiger partial charge < -0.3 is 10.6 Å². The number of hydrogen-bond donors (Lipinski definition) is 2. The van der Waals surface area contributed by atoms with Crippen LogP contribution in [0.1, 0.15) is 33.1 Å². The lowest BCUT2D eigenvalue weighted by atomic mass is 9.95. The lowest BCUT2D eigenvalue weighted by molar-refractivity contribution is -0.128. The summed E-state index contributed by atoms with van der Waals surface area (Å²) in [5.41, 5.74) is -0.575. The van der Waals surface area contributed by atoms with Gasteiger partial charge in [0, 0.05) is 24.9 Å². The van der Waals surface area contributed by atoms with Gasteiger partial charge in [-0.3, -0.25) is 9.59 Å². The van der Waals surface area contributed by atoms with Crippen LogP contribution in [0.5, 0.6) is 0 Å². The molecule has 16 heavy (non-hydrogen) atoms. The van der Waals surface area contributed by atoms with E-state index in [0.29, 0.717) is 19.0 Å². The van der Waals surface area contributed by atoms with Gasteiger partial charge in [0.1, 0.15) is 0 Å². The largest absolute Gasteiger partial charge is 0.355 e. The second kappa shape index (κ2) is 5.53. The summed E-state index contributed by atoms with van der Waals surface area (Å²) in [7, 11) is 0. The zero-order valence-electron chi connectivity index (χ0n) is 9.81. The van der Waals surface area contributed by atoms with Crippen molar-refractivity contribution in [3.05, 3.63) is 0 Å². The zero-order valence-corrected chi connectivity index (χ0v) is 10.6. The topological polar surface area (TPSA) is 58.2 Å². The molecule has 2 N–H and O–H groups in total. The molecule has 0 aromatic carbocycles. The van der Waals surface area contributed by atoms with Crippen molar-refractivity contribution in [2.75, 3.05) is 12.4 Å². The number of amides is 2. The van der Waals surface area contributed by atoms with Crippen LogP contribution in [0, 0.1) is 5.41 Å². The van der Waals surface area contributed by atoms with Gasteiger partial charge in [-0.2, -0.15) is 0 Å². The minimum absolute atomic E-state index is 0.00600. The van der Waals surface area contributed by atoms with Crippen LogP contribution >= 0.6 is 11.6 Å². The summed E-state index contributed by atoms with van der Waals surface area (Å²) in [6.45, 7) is 3.93. The van der Waals surface area contributed by atoms with Crippen molar-refractivity contribution in [1.29, 1.82) is 0 Å². The van der Waals surface area contributed by atoms with Crippen molar-refractivity contribution in [2.24, 2.45) is 5.41 Å². The number of halogens is 1. The third-order valence-electron chi connectivity index (χ3n) is 2.53. The van der Waals surface area contributed by atoms with E-state index < -0.39 is 5.41 Å². The Morgan fingerprint density at radius 2 is 2.00 bits per heavy atom. The molecule has 0 bridgehead atoms. The number of rotatable bonds is 6. The Bertz CT molecular complexity index is 275. The van der Waals surface area contributed by atoms with Crippen molar-refractivity contribution < 1.29 is 9.59 Å². The van der Waals surface area contributed by atoms with E-state index in [-0.39, 0.29) is 17.7 Å². The predicted octanol–water partition coefficient (Wildman–Crippen LogP) is 1.04. The predicted molar refractivity (Wildman–Crippen MR) is 63.3 cm³/mol. The molecule has 0 radical (unpaired) electrons. The summed E-state index contributed by atoms with van der Waals surface area (Å²) >= 11 is 5.67. The van der Waals surface area contributed by atoms with Crippen LogP contribution in [0.2, 0.25) is 0 Å². The highest BCUT2D eigenvalue weighted by Crippen LogP contribution is 2.18. The lowest BCUT2D eigenvalue weighted by Gasteiger charge is -2.20. The van der Waals surface area contributed by atoms with Gasteiger partial charge in [0.25, 0.3) is 0 Å². The standard InChI is InChI=1S/C11H19ClN2O2/c1-11(2,7-12)10(16)13-6-5-9(15)14-8-3-4-8/h8H,3-7H2,1-2H3,(H,13,16)(H,14,15). The molecule has 0 saturated heterocycles. The second-order valence-corrected chi connectivity index (χ2v) is 5.13. The van der Waals surface area contributed by atoms with Crippen LogP contribution in [0.4, 0.5) is 0 Å². The van der Waals surface area contributed by atoms with Gasteiger partial charge in [0.05, 0.1) is 5.41 Å². The van der Waals surface area contributed by atoms with Gasteiger partial charge in [-0.15, -0.1) is 11.6 Å². The highest BCUT2D eigenvalue weighted by atomic mass is 35.5. The fourth-order valence-corrected chi connectivity index (χ4v) is 1.24. The minimum Gasteiger partial charge on any atom is -0.355 e. The number of hydrogen-bond acceptors (Lipinski definition) is 2. The molecule has 1 saturated carbocycles. The van der Waals surface area contributed by atoms with E-state index in [1.165, 1.54) is 0 Å². The molecule has 1 rings (SSSR count). The Hall–Kier alpha value is -0.770. The molecule has 0 aromatic rings. The van der Waals surface area contributed by atoms with Crippen molar-refractivity contribution >= 4 is 23.4 Å². The summed E-state index contributed by atoms with van der Waals surface area (Å²) in [5.74, 6) is 0.167.